The number of phenolic OH excluding ortho intramolecular Hbond substituents is 1. The lowest BCUT2D eigenvalue weighted by Gasteiger charge is -2.21. The van der Waals surface area contributed by atoms with Crippen LogP contribution in [-0.2, 0) is 19.2 Å². The molecule has 1 unspecified atom stereocenters. The van der Waals surface area contributed by atoms with Gasteiger partial charge in [0.25, 0.3) is 11.8 Å². The number of imide groups is 1. The van der Waals surface area contributed by atoms with Gasteiger partial charge in [-0.15, -0.1) is 0 Å². The molecule has 10 heteroatoms. The molecule has 0 radical (unpaired) electrons. The Morgan fingerprint density at radius 3 is 2.54 bits per heavy atom. The summed E-state index contributed by atoms with van der Waals surface area (Å²) in [6.07, 6.45) is 4.94. The number of likely N-dealkylation sites (tertiary alicyclic amines) is 1. The second-order valence-corrected chi connectivity index (χ2v) is 9.47. The number of anilines is 1. The van der Waals surface area contributed by atoms with Gasteiger partial charge in [-0.25, -0.2) is 0 Å². The second-order valence-electron chi connectivity index (χ2n) is 7.79. The van der Waals surface area contributed by atoms with Crippen molar-refractivity contribution in [1.29, 1.82) is 0 Å². The van der Waals surface area contributed by atoms with Crippen molar-refractivity contribution in [1.82, 2.24) is 9.80 Å². The first-order valence-corrected chi connectivity index (χ1v) is 12.0. The first-order valence-electron chi connectivity index (χ1n) is 10.8. The molecular formula is C25H21N3O5S2. The maximum absolute atomic E-state index is 13.0. The Labute approximate surface area is 211 Å². The van der Waals surface area contributed by atoms with E-state index in [4.69, 9.17) is 12.2 Å². The molecule has 2 N–H and O–H groups in total. The minimum Gasteiger partial charge on any atom is -0.508 e. The SMILES string of the molecule is O=C(CCN1C(=O)CC(N2C(=O)/C(=C/C=C/c3ccccc3)SC2=S)C1=O)Nc1ccc(O)cc1. The Bertz CT molecular complexity index is 1240. The molecule has 2 fully saturated rings. The molecule has 2 aromatic carbocycles. The molecule has 178 valence electrons. The minimum absolute atomic E-state index is 0.0695. The van der Waals surface area contributed by atoms with Crippen LogP contribution in [0.25, 0.3) is 6.08 Å². The smallest absolute Gasteiger partial charge is 0.266 e. The first kappa shape index (κ1) is 24.4. The van der Waals surface area contributed by atoms with Crippen LogP contribution in [-0.4, -0.2) is 55.4 Å². The average molecular weight is 508 g/mol. The van der Waals surface area contributed by atoms with Crippen LogP contribution in [0.2, 0.25) is 0 Å². The van der Waals surface area contributed by atoms with E-state index in [1.165, 1.54) is 29.2 Å². The zero-order valence-electron chi connectivity index (χ0n) is 18.4. The molecule has 8 nitrogen and oxygen atoms in total. The van der Waals surface area contributed by atoms with Crippen LogP contribution < -0.4 is 5.32 Å². The Morgan fingerprint density at radius 2 is 1.83 bits per heavy atom. The number of nitrogens with one attached hydrogen (secondary N) is 1. The Morgan fingerprint density at radius 1 is 1.11 bits per heavy atom. The van der Waals surface area contributed by atoms with Gasteiger partial charge in [0, 0.05) is 18.7 Å². The number of hydrogen-bond acceptors (Lipinski definition) is 7. The van der Waals surface area contributed by atoms with E-state index in [1.807, 2.05) is 36.4 Å². The Balaban J connectivity index is 1.37. The molecule has 0 bridgehead atoms. The quantitative estimate of drug-likeness (QED) is 0.256. The molecule has 2 aliphatic heterocycles. The van der Waals surface area contributed by atoms with Gasteiger partial charge in [0.1, 0.15) is 16.1 Å². The van der Waals surface area contributed by atoms with Crippen LogP contribution in [0, 0.1) is 0 Å². The number of carbonyl (C=O) groups excluding carboxylic acids is 4. The zero-order valence-corrected chi connectivity index (χ0v) is 20.1. The average Bonchev–Trinajstić information content (AvgIpc) is 3.27. The van der Waals surface area contributed by atoms with Gasteiger partial charge in [-0.05, 0) is 35.9 Å². The minimum atomic E-state index is -1.01. The number of allylic oxidation sites excluding steroid dienone is 2. The molecule has 2 aliphatic rings. The number of thioether (sulfide) groups is 1. The topological polar surface area (TPSA) is 107 Å². The fraction of sp³-hybridized carbons (Fsp3) is 0.160. The van der Waals surface area contributed by atoms with Crippen LogP contribution >= 0.6 is 24.0 Å². The van der Waals surface area contributed by atoms with Crippen LogP contribution in [0.5, 0.6) is 5.75 Å². The number of carbonyl (C=O) groups is 4. The van der Waals surface area contributed by atoms with Crippen LogP contribution in [0.15, 0.2) is 71.7 Å². The molecule has 2 heterocycles. The number of amides is 4. The fourth-order valence-electron chi connectivity index (χ4n) is 3.66. The van der Waals surface area contributed by atoms with Gasteiger partial charge in [0.2, 0.25) is 11.8 Å². The highest BCUT2D eigenvalue weighted by Gasteiger charge is 2.48. The third-order valence-corrected chi connectivity index (χ3v) is 6.75. The lowest BCUT2D eigenvalue weighted by Crippen LogP contribution is -2.44. The van der Waals surface area contributed by atoms with Crippen molar-refractivity contribution in [3.63, 3.8) is 0 Å². The molecule has 2 saturated heterocycles. The Kier molecular flexibility index (Phi) is 7.42. The predicted octanol–water partition coefficient (Wildman–Crippen LogP) is 3.31. The molecule has 35 heavy (non-hydrogen) atoms. The predicted molar refractivity (Wildman–Crippen MR) is 137 cm³/mol. The number of hydrogen-bond donors (Lipinski definition) is 2. The van der Waals surface area contributed by atoms with Crippen molar-refractivity contribution in [3.05, 3.63) is 77.2 Å². The lowest BCUT2D eigenvalue weighted by molar-refractivity contribution is -0.141. The van der Waals surface area contributed by atoms with Crippen molar-refractivity contribution in [2.75, 3.05) is 11.9 Å². The molecular weight excluding hydrogens is 486 g/mol. The number of rotatable bonds is 7. The van der Waals surface area contributed by atoms with Crippen LogP contribution in [0.1, 0.15) is 18.4 Å². The van der Waals surface area contributed by atoms with Gasteiger partial charge in [-0.3, -0.25) is 29.0 Å². The summed E-state index contributed by atoms with van der Waals surface area (Å²) in [5.41, 5.74) is 1.45. The lowest BCUT2D eigenvalue weighted by atomic mass is 10.2. The Hall–Kier alpha value is -3.76. The van der Waals surface area contributed by atoms with Gasteiger partial charge in [0.15, 0.2) is 0 Å². The van der Waals surface area contributed by atoms with E-state index in [9.17, 15) is 24.3 Å². The van der Waals surface area contributed by atoms with E-state index in [0.717, 1.165) is 22.2 Å². The number of nitrogens with zero attached hydrogens (tertiary/aromatic N) is 2. The van der Waals surface area contributed by atoms with Gasteiger partial charge < -0.3 is 10.4 Å². The number of aromatic hydroxyl groups is 1. The maximum Gasteiger partial charge on any atom is 0.266 e. The first-order chi connectivity index (χ1) is 16.8. The molecule has 0 aliphatic carbocycles. The summed E-state index contributed by atoms with van der Waals surface area (Å²) in [6, 6.07) is 14.5. The summed E-state index contributed by atoms with van der Waals surface area (Å²) in [7, 11) is 0. The number of benzene rings is 2. The standard InChI is InChI=1S/C25H21N3O5S2/c29-18-11-9-17(10-12-18)26-21(30)13-14-27-22(31)15-19(23(27)32)28-24(33)20(35-25(28)34)8-4-7-16-5-2-1-3-6-16/h1-12,19,29H,13-15H2,(H,26,30)/b7-4+,20-8-. The third kappa shape index (κ3) is 5.67. The van der Waals surface area contributed by atoms with E-state index < -0.39 is 29.7 Å². The molecule has 1 atom stereocenters. The summed E-state index contributed by atoms with van der Waals surface area (Å²) in [5.74, 6) is -1.75. The van der Waals surface area contributed by atoms with Gasteiger partial charge in [-0.2, -0.15) is 0 Å². The van der Waals surface area contributed by atoms with E-state index in [0.29, 0.717) is 10.6 Å². The van der Waals surface area contributed by atoms with E-state index in [1.54, 1.807) is 12.2 Å². The van der Waals surface area contributed by atoms with Crippen molar-refractivity contribution in [3.8, 4) is 5.75 Å². The highest BCUT2D eigenvalue weighted by molar-refractivity contribution is 8.26. The largest absolute Gasteiger partial charge is 0.508 e. The van der Waals surface area contributed by atoms with Gasteiger partial charge in [0.05, 0.1) is 11.3 Å². The van der Waals surface area contributed by atoms with Crippen molar-refractivity contribution in [2.45, 2.75) is 18.9 Å². The van der Waals surface area contributed by atoms with Crippen LogP contribution in [0.3, 0.4) is 0 Å². The van der Waals surface area contributed by atoms with Gasteiger partial charge >= 0.3 is 0 Å². The molecule has 0 saturated carbocycles. The van der Waals surface area contributed by atoms with Crippen molar-refractivity contribution >= 4 is 63.7 Å². The van der Waals surface area contributed by atoms with E-state index >= 15 is 0 Å². The summed E-state index contributed by atoms with van der Waals surface area (Å²) >= 11 is 6.42. The third-order valence-electron chi connectivity index (χ3n) is 5.40. The molecule has 0 aromatic heterocycles. The second kappa shape index (κ2) is 10.7. The maximum atomic E-state index is 13.0. The van der Waals surface area contributed by atoms with Gasteiger partial charge in [-0.1, -0.05) is 66.5 Å². The highest BCUT2D eigenvalue weighted by atomic mass is 32.2. The number of thiocarbonyl (C=S) groups is 1. The zero-order chi connectivity index (χ0) is 24.9. The van der Waals surface area contributed by atoms with Crippen molar-refractivity contribution in [2.24, 2.45) is 0 Å². The van der Waals surface area contributed by atoms with E-state index in [2.05, 4.69) is 5.32 Å². The fourth-order valence-corrected chi connectivity index (χ4v) is 4.97. The summed E-state index contributed by atoms with van der Waals surface area (Å²) in [6.45, 7) is -0.109. The highest BCUT2D eigenvalue weighted by Crippen LogP contribution is 2.35. The molecule has 4 rings (SSSR count). The normalized spacial score (nSPS) is 19.4. The van der Waals surface area contributed by atoms with Crippen molar-refractivity contribution < 1.29 is 24.3 Å². The molecule has 4 amide bonds. The summed E-state index contributed by atoms with van der Waals surface area (Å²) < 4.78 is 0.215. The molecule has 2 aromatic rings. The van der Waals surface area contributed by atoms with Crippen LogP contribution in [0.4, 0.5) is 5.69 Å². The summed E-state index contributed by atoms with van der Waals surface area (Å²) in [5, 5.41) is 12.0. The van der Waals surface area contributed by atoms with E-state index in [-0.39, 0.29) is 29.5 Å². The number of phenols is 1. The summed E-state index contributed by atoms with van der Waals surface area (Å²) in [4.78, 5) is 53.2. The monoisotopic (exact) mass is 507 g/mol. The molecule has 0 spiro atoms.